The number of unbranched alkanes of at least 4 members (excludes halogenated alkanes) is 55. The van der Waals surface area contributed by atoms with Crippen molar-refractivity contribution in [1.82, 2.24) is 0 Å². The molecule has 0 aromatic heterocycles. The fourth-order valence-corrected chi connectivity index (χ4v) is 14.5. The average Bonchev–Trinajstić information content (AvgIpc) is 0.924. The van der Waals surface area contributed by atoms with Crippen molar-refractivity contribution in [3.63, 3.8) is 0 Å². The summed E-state index contributed by atoms with van der Waals surface area (Å²) in [5, 5.41) is 10.7. The monoisotopic (exact) mass is 1490 g/mol. The van der Waals surface area contributed by atoms with E-state index in [4.69, 9.17) is 37.0 Å². The fourth-order valence-electron chi connectivity index (χ4n) is 12.9. The van der Waals surface area contributed by atoms with Crippen LogP contribution < -0.4 is 0 Å². The van der Waals surface area contributed by atoms with E-state index < -0.39 is 97.5 Å². The van der Waals surface area contributed by atoms with Gasteiger partial charge in [-0.3, -0.25) is 37.3 Å². The molecule has 0 aromatic carbocycles. The lowest BCUT2D eigenvalue weighted by molar-refractivity contribution is -0.161. The van der Waals surface area contributed by atoms with E-state index in [0.717, 1.165) is 95.8 Å². The van der Waals surface area contributed by atoms with Crippen molar-refractivity contribution in [3.8, 4) is 0 Å². The summed E-state index contributed by atoms with van der Waals surface area (Å²) in [5.74, 6) is -1.35. The SMILES string of the molecule is CCCCCCCCCCCCCCCCCCCCCCC(=O)O[C@H](COC(=O)CCCCCCCCCCCCCCCCCCCC)COP(=O)(O)OC[C@@H](O)COP(=O)(O)OC[C@@H](COC(=O)CCCCCCCCCCCCC)OC(=O)CCCCCCCCCCCCC(C)C. The van der Waals surface area contributed by atoms with Gasteiger partial charge in [0.05, 0.1) is 26.4 Å². The van der Waals surface area contributed by atoms with E-state index in [9.17, 15) is 43.2 Å². The number of hydrogen-bond acceptors (Lipinski definition) is 15. The maximum atomic E-state index is 13.1. The van der Waals surface area contributed by atoms with E-state index in [-0.39, 0.29) is 25.7 Å². The lowest BCUT2D eigenvalue weighted by Gasteiger charge is -2.21. The molecular formula is C83H162O17P2. The zero-order valence-corrected chi connectivity index (χ0v) is 68.5. The molecule has 0 rings (SSSR count). The molecule has 0 bridgehead atoms. The zero-order chi connectivity index (χ0) is 74.8. The number of rotatable bonds is 83. The first-order valence-corrected chi connectivity index (χ1v) is 46.1. The predicted molar refractivity (Wildman–Crippen MR) is 418 cm³/mol. The van der Waals surface area contributed by atoms with Gasteiger partial charge >= 0.3 is 39.5 Å². The first-order valence-electron chi connectivity index (χ1n) is 43.1. The van der Waals surface area contributed by atoms with Crippen LogP contribution in [0.4, 0.5) is 0 Å². The van der Waals surface area contributed by atoms with Crippen LogP contribution >= 0.6 is 15.6 Å². The van der Waals surface area contributed by atoms with E-state index in [2.05, 4.69) is 34.6 Å². The Kier molecular flexibility index (Phi) is 74.4. The molecule has 0 amide bonds. The lowest BCUT2D eigenvalue weighted by Crippen LogP contribution is -2.30. The summed E-state index contributed by atoms with van der Waals surface area (Å²) >= 11 is 0. The number of hydrogen-bond donors (Lipinski definition) is 3. The van der Waals surface area contributed by atoms with Gasteiger partial charge < -0.3 is 33.8 Å². The van der Waals surface area contributed by atoms with Crippen LogP contribution in [0.2, 0.25) is 0 Å². The summed E-state index contributed by atoms with van der Waals surface area (Å²) in [7, 11) is -9.92. The smallest absolute Gasteiger partial charge is 0.462 e. The molecule has 3 N–H and O–H groups in total. The van der Waals surface area contributed by atoms with E-state index in [0.29, 0.717) is 25.7 Å². The molecule has 17 nitrogen and oxygen atoms in total. The van der Waals surface area contributed by atoms with Gasteiger partial charge in [-0.05, 0) is 31.6 Å². The molecule has 5 atom stereocenters. The molecule has 0 saturated carbocycles. The second-order valence-electron chi connectivity index (χ2n) is 30.3. The first kappa shape index (κ1) is 100. The Labute approximate surface area is 626 Å². The van der Waals surface area contributed by atoms with Crippen LogP contribution in [0.3, 0.4) is 0 Å². The van der Waals surface area contributed by atoms with Crippen LogP contribution in [0.1, 0.15) is 446 Å². The highest BCUT2D eigenvalue weighted by Gasteiger charge is 2.30. The highest BCUT2D eigenvalue weighted by atomic mass is 31.2. The molecule has 0 radical (unpaired) electrons. The standard InChI is InChI=1S/C83H162O17P2/c1-6-9-12-15-18-21-24-26-28-30-32-33-35-37-39-42-48-53-58-63-68-82(87)99-78(73-94-81(86)67-62-57-52-47-41-38-36-34-31-29-27-25-22-19-16-13-10-7-2)74-97-101(89,90)95-70-77(84)71-96-102(91,92)98-75-79(72-93-80(85)66-61-56-51-46-40-23-20-17-14-11-8-3)100-83(88)69-64-59-54-49-44-43-45-50-55-60-65-76(4)5/h76-79,84H,6-75H2,1-5H3,(H,89,90)(H,91,92)/t77-,78-,79-/m1/s1. The molecule has 606 valence electrons. The lowest BCUT2D eigenvalue weighted by atomic mass is 10.0. The van der Waals surface area contributed by atoms with E-state index in [1.54, 1.807) is 0 Å². The molecule has 0 aliphatic rings. The van der Waals surface area contributed by atoms with E-state index >= 15 is 0 Å². The molecule has 0 saturated heterocycles. The number of aliphatic hydroxyl groups is 1. The summed E-state index contributed by atoms with van der Waals surface area (Å²) < 4.78 is 68.8. The summed E-state index contributed by atoms with van der Waals surface area (Å²) in [5.41, 5.74) is 0. The van der Waals surface area contributed by atoms with Crippen LogP contribution in [0.5, 0.6) is 0 Å². The zero-order valence-electron chi connectivity index (χ0n) is 66.8. The Morgan fingerprint density at radius 1 is 0.265 bits per heavy atom. The van der Waals surface area contributed by atoms with Crippen molar-refractivity contribution >= 4 is 39.5 Å². The van der Waals surface area contributed by atoms with Crippen LogP contribution in [-0.4, -0.2) is 96.7 Å². The van der Waals surface area contributed by atoms with Crippen LogP contribution in [-0.2, 0) is 65.4 Å². The fraction of sp³-hybridized carbons (Fsp3) is 0.952. The molecule has 19 heteroatoms. The Hall–Kier alpha value is -1.94. The van der Waals surface area contributed by atoms with E-state index in [1.165, 1.54) is 270 Å². The van der Waals surface area contributed by atoms with Gasteiger partial charge in [0.25, 0.3) is 0 Å². The van der Waals surface area contributed by atoms with Crippen LogP contribution in [0, 0.1) is 5.92 Å². The van der Waals surface area contributed by atoms with Crippen molar-refractivity contribution in [1.29, 1.82) is 0 Å². The van der Waals surface area contributed by atoms with Crippen molar-refractivity contribution in [2.24, 2.45) is 5.92 Å². The third-order valence-electron chi connectivity index (χ3n) is 19.5. The number of aliphatic hydroxyl groups excluding tert-OH is 1. The number of esters is 4. The molecule has 2 unspecified atom stereocenters. The topological polar surface area (TPSA) is 237 Å². The van der Waals surface area contributed by atoms with Gasteiger partial charge in [-0.2, -0.15) is 0 Å². The largest absolute Gasteiger partial charge is 0.472 e. The Bertz CT molecular complexity index is 1940. The van der Waals surface area contributed by atoms with Gasteiger partial charge in [-0.1, -0.05) is 394 Å². The van der Waals surface area contributed by atoms with Gasteiger partial charge in [0, 0.05) is 25.7 Å². The molecule has 0 aliphatic carbocycles. The predicted octanol–water partition coefficient (Wildman–Crippen LogP) is 25.2. The van der Waals surface area contributed by atoms with Gasteiger partial charge in [-0.15, -0.1) is 0 Å². The third-order valence-corrected chi connectivity index (χ3v) is 21.4. The van der Waals surface area contributed by atoms with Crippen LogP contribution in [0.25, 0.3) is 0 Å². The van der Waals surface area contributed by atoms with Crippen LogP contribution in [0.15, 0.2) is 0 Å². The maximum absolute atomic E-state index is 13.1. The van der Waals surface area contributed by atoms with Gasteiger partial charge in [0.2, 0.25) is 0 Å². The summed E-state index contributed by atoms with van der Waals surface area (Å²) in [6, 6.07) is 0. The summed E-state index contributed by atoms with van der Waals surface area (Å²) in [6.07, 6.45) is 68.0. The summed E-state index contributed by atoms with van der Waals surface area (Å²) in [6.45, 7) is 7.33. The number of phosphoric ester groups is 2. The quantitative estimate of drug-likeness (QED) is 0.0222. The number of carbonyl (C=O) groups is 4. The van der Waals surface area contributed by atoms with E-state index in [1.807, 2.05) is 0 Å². The molecular weight excluding hydrogens is 1330 g/mol. The second-order valence-corrected chi connectivity index (χ2v) is 33.3. The van der Waals surface area contributed by atoms with Crippen molar-refractivity contribution in [2.45, 2.75) is 464 Å². The minimum Gasteiger partial charge on any atom is -0.462 e. The number of phosphoric acid groups is 2. The third kappa shape index (κ3) is 76.3. The molecule has 0 aliphatic heterocycles. The number of ether oxygens (including phenoxy) is 4. The molecule has 0 aromatic rings. The van der Waals surface area contributed by atoms with Gasteiger partial charge in [0.1, 0.15) is 19.3 Å². The second kappa shape index (κ2) is 75.9. The normalized spacial score (nSPS) is 13.8. The molecule has 102 heavy (non-hydrogen) atoms. The Morgan fingerprint density at radius 3 is 0.667 bits per heavy atom. The minimum absolute atomic E-state index is 0.107. The first-order chi connectivity index (χ1) is 49.5. The van der Waals surface area contributed by atoms with Gasteiger partial charge in [-0.25, -0.2) is 9.13 Å². The molecule has 0 spiro atoms. The van der Waals surface area contributed by atoms with Crippen molar-refractivity contribution < 1.29 is 80.2 Å². The highest BCUT2D eigenvalue weighted by Crippen LogP contribution is 2.45. The van der Waals surface area contributed by atoms with Crippen molar-refractivity contribution in [2.75, 3.05) is 39.6 Å². The molecule has 0 heterocycles. The Morgan fingerprint density at radius 2 is 0.451 bits per heavy atom. The van der Waals surface area contributed by atoms with Crippen molar-refractivity contribution in [3.05, 3.63) is 0 Å². The Balaban J connectivity index is 5.23. The molecule has 0 fully saturated rings. The van der Waals surface area contributed by atoms with Gasteiger partial charge in [0.15, 0.2) is 12.2 Å². The summed E-state index contributed by atoms with van der Waals surface area (Å²) in [4.78, 5) is 73.1. The maximum Gasteiger partial charge on any atom is 0.472 e. The number of carbonyl (C=O) groups excluding carboxylic acids is 4. The minimum atomic E-state index is -4.96. The highest BCUT2D eigenvalue weighted by molar-refractivity contribution is 7.47. The average molecular weight is 1490 g/mol.